The summed E-state index contributed by atoms with van der Waals surface area (Å²) in [5.74, 6) is 1.03. The molecule has 1 aromatic rings. The van der Waals surface area contributed by atoms with E-state index in [1.54, 1.807) is 0 Å². The van der Waals surface area contributed by atoms with Crippen LogP contribution in [0.2, 0.25) is 0 Å². The zero-order chi connectivity index (χ0) is 12.5. The molecule has 0 aliphatic heterocycles. The summed E-state index contributed by atoms with van der Waals surface area (Å²) in [4.78, 5) is 0. The Hall–Kier alpha value is -1.02. The lowest BCUT2D eigenvalue weighted by Gasteiger charge is -2.09. The second-order valence-electron chi connectivity index (χ2n) is 4.53. The highest BCUT2D eigenvalue weighted by molar-refractivity contribution is 5.35. The fraction of sp³-hybridized carbons (Fsp3) is 0.600. The van der Waals surface area contributed by atoms with Gasteiger partial charge in [0.15, 0.2) is 0 Å². The Balaban J connectivity index is 2.14. The third-order valence-corrected chi connectivity index (χ3v) is 2.84. The Morgan fingerprint density at radius 2 is 1.94 bits per heavy atom. The molecule has 0 aromatic heterocycles. The van der Waals surface area contributed by atoms with Gasteiger partial charge in [-0.25, -0.2) is 0 Å². The van der Waals surface area contributed by atoms with Crippen LogP contribution in [0.4, 0.5) is 0 Å². The van der Waals surface area contributed by atoms with Gasteiger partial charge >= 0.3 is 0 Å². The van der Waals surface area contributed by atoms with Gasteiger partial charge in [0.05, 0.1) is 6.61 Å². The van der Waals surface area contributed by atoms with E-state index in [4.69, 9.17) is 4.74 Å². The van der Waals surface area contributed by atoms with E-state index in [1.807, 2.05) is 0 Å². The first kappa shape index (κ1) is 14.0. The van der Waals surface area contributed by atoms with Crippen LogP contribution in [0.3, 0.4) is 0 Å². The van der Waals surface area contributed by atoms with Crippen molar-refractivity contribution in [3.63, 3.8) is 0 Å². The van der Waals surface area contributed by atoms with Gasteiger partial charge in [-0.3, -0.25) is 0 Å². The van der Waals surface area contributed by atoms with Crippen LogP contribution < -0.4 is 10.1 Å². The predicted octanol–water partition coefficient (Wildman–Crippen LogP) is 3.46. The molecule has 0 fully saturated rings. The molecule has 0 saturated carbocycles. The first-order valence-electron chi connectivity index (χ1n) is 6.65. The maximum Gasteiger partial charge on any atom is 0.122 e. The van der Waals surface area contributed by atoms with Crippen molar-refractivity contribution in [2.24, 2.45) is 0 Å². The molecule has 0 atom stereocenters. The largest absolute Gasteiger partial charge is 0.493 e. The third kappa shape index (κ3) is 5.73. The standard InChI is InChI=1S/C15H25NO/c1-4-16-10-6-5-7-11-17-15-9-8-13(2)12-14(15)3/h8-9,12,16H,4-7,10-11H2,1-3H3. The van der Waals surface area contributed by atoms with Gasteiger partial charge in [-0.1, -0.05) is 24.6 Å². The van der Waals surface area contributed by atoms with E-state index in [1.165, 1.54) is 24.0 Å². The van der Waals surface area contributed by atoms with Gasteiger partial charge in [-0.2, -0.15) is 0 Å². The highest BCUT2D eigenvalue weighted by atomic mass is 16.5. The quantitative estimate of drug-likeness (QED) is 0.697. The monoisotopic (exact) mass is 235 g/mol. The molecule has 17 heavy (non-hydrogen) atoms. The molecule has 0 bridgehead atoms. The normalized spacial score (nSPS) is 10.5. The Labute approximate surface area is 105 Å². The number of hydrogen-bond donors (Lipinski definition) is 1. The van der Waals surface area contributed by atoms with E-state index >= 15 is 0 Å². The van der Waals surface area contributed by atoms with Gasteiger partial charge < -0.3 is 10.1 Å². The van der Waals surface area contributed by atoms with Crippen molar-refractivity contribution in [3.8, 4) is 5.75 Å². The molecule has 0 saturated heterocycles. The number of rotatable bonds is 8. The van der Waals surface area contributed by atoms with Gasteiger partial charge in [0.1, 0.15) is 5.75 Å². The highest BCUT2D eigenvalue weighted by Crippen LogP contribution is 2.18. The van der Waals surface area contributed by atoms with E-state index in [9.17, 15) is 0 Å². The summed E-state index contributed by atoms with van der Waals surface area (Å²) < 4.78 is 5.78. The van der Waals surface area contributed by atoms with Gasteiger partial charge in [-0.15, -0.1) is 0 Å². The lowest BCUT2D eigenvalue weighted by Crippen LogP contribution is -2.14. The molecule has 0 amide bonds. The first-order valence-corrected chi connectivity index (χ1v) is 6.65. The lowest BCUT2D eigenvalue weighted by molar-refractivity contribution is 0.303. The Morgan fingerprint density at radius 1 is 1.12 bits per heavy atom. The number of benzene rings is 1. The van der Waals surface area contributed by atoms with Crippen LogP contribution in [-0.4, -0.2) is 19.7 Å². The van der Waals surface area contributed by atoms with Crippen LogP contribution in [0.25, 0.3) is 0 Å². The van der Waals surface area contributed by atoms with E-state index < -0.39 is 0 Å². The molecule has 0 unspecified atom stereocenters. The molecule has 0 heterocycles. The number of aryl methyl sites for hydroxylation is 2. The van der Waals surface area contributed by atoms with Crippen LogP contribution in [-0.2, 0) is 0 Å². The smallest absolute Gasteiger partial charge is 0.122 e. The van der Waals surface area contributed by atoms with Crippen LogP contribution >= 0.6 is 0 Å². The molecule has 0 aliphatic rings. The summed E-state index contributed by atoms with van der Waals surface area (Å²) in [5.41, 5.74) is 2.53. The van der Waals surface area contributed by atoms with E-state index in [2.05, 4.69) is 44.3 Å². The fourth-order valence-electron chi connectivity index (χ4n) is 1.85. The van der Waals surface area contributed by atoms with Crippen LogP contribution in [0.1, 0.15) is 37.3 Å². The van der Waals surface area contributed by atoms with Crippen LogP contribution in [0.5, 0.6) is 5.75 Å². The molecule has 0 radical (unpaired) electrons. The molecule has 2 nitrogen and oxygen atoms in total. The van der Waals surface area contributed by atoms with Gasteiger partial charge in [0.25, 0.3) is 0 Å². The van der Waals surface area contributed by atoms with Crippen molar-refractivity contribution < 1.29 is 4.74 Å². The molecule has 0 aliphatic carbocycles. The van der Waals surface area contributed by atoms with Crippen molar-refractivity contribution in [2.45, 2.75) is 40.0 Å². The number of nitrogens with one attached hydrogen (secondary N) is 1. The van der Waals surface area contributed by atoms with E-state index in [-0.39, 0.29) is 0 Å². The zero-order valence-corrected chi connectivity index (χ0v) is 11.4. The molecular formula is C15H25NO. The maximum absolute atomic E-state index is 5.78. The minimum atomic E-state index is 0.829. The summed E-state index contributed by atoms with van der Waals surface area (Å²) in [6.07, 6.45) is 3.61. The van der Waals surface area contributed by atoms with Crippen molar-refractivity contribution in [1.29, 1.82) is 0 Å². The van der Waals surface area contributed by atoms with Crippen molar-refractivity contribution >= 4 is 0 Å². The lowest BCUT2D eigenvalue weighted by atomic mass is 10.1. The summed E-state index contributed by atoms with van der Waals surface area (Å²) >= 11 is 0. The van der Waals surface area contributed by atoms with Crippen LogP contribution in [0, 0.1) is 13.8 Å². The molecular weight excluding hydrogens is 210 g/mol. The molecule has 1 N–H and O–H groups in total. The van der Waals surface area contributed by atoms with Crippen molar-refractivity contribution in [2.75, 3.05) is 19.7 Å². The summed E-state index contributed by atoms with van der Waals surface area (Å²) in [7, 11) is 0. The average molecular weight is 235 g/mol. The van der Waals surface area contributed by atoms with Gasteiger partial charge in [-0.05, 0) is 57.8 Å². The second kappa shape index (κ2) is 8.13. The first-order chi connectivity index (χ1) is 8.24. The third-order valence-electron chi connectivity index (χ3n) is 2.84. The zero-order valence-electron chi connectivity index (χ0n) is 11.4. The number of hydrogen-bond acceptors (Lipinski definition) is 2. The SMILES string of the molecule is CCNCCCCCOc1ccc(C)cc1C. The molecule has 1 rings (SSSR count). The van der Waals surface area contributed by atoms with Crippen molar-refractivity contribution in [3.05, 3.63) is 29.3 Å². The fourth-order valence-corrected chi connectivity index (χ4v) is 1.85. The Bertz CT molecular complexity index is 323. The topological polar surface area (TPSA) is 21.3 Å². The molecule has 0 spiro atoms. The van der Waals surface area contributed by atoms with Gasteiger partial charge in [0.2, 0.25) is 0 Å². The number of unbranched alkanes of at least 4 members (excludes halogenated alkanes) is 2. The Morgan fingerprint density at radius 3 is 2.65 bits per heavy atom. The summed E-state index contributed by atoms with van der Waals surface area (Å²) in [6, 6.07) is 6.34. The highest BCUT2D eigenvalue weighted by Gasteiger charge is 1.99. The van der Waals surface area contributed by atoms with E-state index in [0.29, 0.717) is 0 Å². The van der Waals surface area contributed by atoms with E-state index in [0.717, 1.165) is 31.9 Å². The summed E-state index contributed by atoms with van der Waals surface area (Å²) in [5, 5.41) is 3.33. The minimum Gasteiger partial charge on any atom is -0.493 e. The molecule has 96 valence electrons. The predicted molar refractivity (Wildman–Crippen MR) is 73.8 cm³/mol. The van der Waals surface area contributed by atoms with Gasteiger partial charge in [0, 0.05) is 0 Å². The van der Waals surface area contributed by atoms with Crippen molar-refractivity contribution in [1.82, 2.24) is 5.32 Å². The minimum absolute atomic E-state index is 0.829. The summed E-state index contributed by atoms with van der Waals surface area (Å²) in [6.45, 7) is 9.38. The molecule has 2 heteroatoms. The average Bonchev–Trinajstić information content (AvgIpc) is 2.30. The maximum atomic E-state index is 5.78. The molecule has 1 aromatic carbocycles. The number of ether oxygens (including phenoxy) is 1. The second-order valence-corrected chi connectivity index (χ2v) is 4.53. The van der Waals surface area contributed by atoms with Crippen LogP contribution in [0.15, 0.2) is 18.2 Å². The Kier molecular flexibility index (Phi) is 6.71.